The summed E-state index contributed by atoms with van der Waals surface area (Å²) in [6.45, 7) is 5.42. The van der Waals surface area contributed by atoms with Crippen LogP contribution < -0.4 is 5.32 Å². The van der Waals surface area contributed by atoms with Crippen LogP contribution in [0.2, 0.25) is 0 Å². The van der Waals surface area contributed by atoms with Crippen LogP contribution in [0.4, 0.5) is 8.78 Å². The van der Waals surface area contributed by atoms with Crippen LogP contribution in [-0.4, -0.2) is 49.0 Å². The SMILES string of the molecule is CCC1(C(=O)N[C@@H](Cc2ccccc2)[C@H](O)CN(CC(C)C)S(=O)(=O)c2ccc(F)c(F)c2)CCCCC1. The van der Waals surface area contributed by atoms with Crippen molar-refractivity contribution in [2.45, 2.75) is 82.8 Å². The van der Waals surface area contributed by atoms with Gasteiger partial charge in [0.25, 0.3) is 0 Å². The third-order valence-electron chi connectivity index (χ3n) is 7.54. The number of nitrogens with one attached hydrogen (secondary N) is 1. The van der Waals surface area contributed by atoms with E-state index < -0.39 is 39.2 Å². The number of rotatable bonds is 12. The van der Waals surface area contributed by atoms with Crippen LogP contribution in [0, 0.1) is 23.0 Å². The van der Waals surface area contributed by atoms with Crippen molar-refractivity contribution in [3.8, 4) is 0 Å². The van der Waals surface area contributed by atoms with Gasteiger partial charge in [0, 0.05) is 18.5 Å². The van der Waals surface area contributed by atoms with Crippen molar-refractivity contribution in [2.75, 3.05) is 13.1 Å². The number of hydrogen-bond donors (Lipinski definition) is 2. The van der Waals surface area contributed by atoms with E-state index in [1.165, 1.54) is 0 Å². The monoisotopic (exact) mass is 550 g/mol. The molecule has 0 heterocycles. The van der Waals surface area contributed by atoms with Crippen LogP contribution in [0.15, 0.2) is 53.4 Å². The summed E-state index contributed by atoms with van der Waals surface area (Å²) < 4.78 is 55.4. The number of amides is 1. The Bertz CT molecular complexity index is 1170. The predicted molar refractivity (Wildman–Crippen MR) is 144 cm³/mol. The Morgan fingerprint density at radius 1 is 1.03 bits per heavy atom. The first kappa shape index (κ1) is 30.2. The third kappa shape index (κ3) is 7.39. The van der Waals surface area contributed by atoms with Gasteiger partial charge in [0.05, 0.1) is 17.0 Å². The quantitative estimate of drug-likeness (QED) is 0.387. The minimum absolute atomic E-state index is 0.0588. The lowest BCUT2D eigenvalue weighted by Crippen LogP contribution is -2.54. The fourth-order valence-electron chi connectivity index (χ4n) is 5.24. The number of benzene rings is 2. The standard InChI is InChI=1S/C29H40F2N2O4S/c1-4-29(15-9-6-10-16-29)28(35)32-26(17-22-11-7-5-8-12-22)27(34)20-33(19-21(2)3)38(36,37)23-13-14-24(30)25(31)18-23/h5,7-8,11-14,18,21,26-27,34H,4,6,9-10,15-17,19-20H2,1-3H3,(H,32,35)/t26-,27+/m0/s1. The average Bonchev–Trinajstić information content (AvgIpc) is 2.90. The second kappa shape index (κ2) is 13.1. The van der Waals surface area contributed by atoms with E-state index in [9.17, 15) is 27.1 Å². The van der Waals surface area contributed by atoms with E-state index in [0.29, 0.717) is 18.9 Å². The molecule has 210 valence electrons. The third-order valence-corrected chi connectivity index (χ3v) is 9.36. The fraction of sp³-hybridized carbons (Fsp3) is 0.552. The molecule has 0 spiro atoms. The van der Waals surface area contributed by atoms with Crippen LogP contribution in [-0.2, 0) is 21.2 Å². The van der Waals surface area contributed by atoms with E-state index >= 15 is 0 Å². The summed E-state index contributed by atoms with van der Waals surface area (Å²) in [6, 6.07) is 11.1. The molecule has 2 aromatic rings. The molecule has 1 aliphatic rings. The van der Waals surface area contributed by atoms with Crippen molar-refractivity contribution < 1.29 is 27.1 Å². The molecule has 1 amide bonds. The van der Waals surface area contributed by atoms with E-state index in [2.05, 4.69) is 5.32 Å². The molecule has 0 aromatic heterocycles. The van der Waals surface area contributed by atoms with Crippen molar-refractivity contribution in [1.29, 1.82) is 0 Å². The van der Waals surface area contributed by atoms with E-state index in [-0.39, 0.29) is 29.8 Å². The highest BCUT2D eigenvalue weighted by atomic mass is 32.2. The Labute approximate surface area is 225 Å². The van der Waals surface area contributed by atoms with Crippen molar-refractivity contribution in [3.05, 3.63) is 65.7 Å². The maximum atomic E-state index is 13.9. The Morgan fingerprint density at radius 2 is 1.68 bits per heavy atom. The number of aliphatic hydroxyl groups is 1. The van der Waals surface area contributed by atoms with E-state index in [1.807, 2.05) is 51.1 Å². The molecule has 6 nitrogen and oxygen atoms in total. The summed E-state index contributed by atoms with van der Waals surface area (Å²) in [6.07, 6.45) is 4.38. The van der Waals surface area contributed by atoms with Crippen molar-refractivity contribution in [2.24, 2.45) is 11.3 Å². The van der Waals surface area contributed by atoms with Gasteiger partial charge >= 0.3 is 0 Å². The first-order chi connectivity index (χ1) is 18.0. The molecule has 2 aromatic carbocycles. The Hall–Kier alpha value is -2.36. The van der Waals surface area contributed by atoms with Crippen molar-refractivity contribution >= 4 is 15.9 Å². The maximum absolute atomic E-state index is 13.9. The zero-order valence-electron chi connectivity index (χ0n) is 22.5. The molecule has 0 unspecified atom stereocenters. The molecule has 9 heteroatoms. The van der Waals surface area contributed by atoms with Gasteiger partial charge in [-0.25, -0.2) is 17.2 Å². The van der Waals surface area contributed by atoms with E-state index in [4.69, 9.17) is 0 Å². The molecule has 38 heavy (non-hydrogen) atoms. The molecule has 0 radical (unpaired) electrons. The summed E-state index contributed by atoms with van der Waals surface area (Å²) >= 11 is 0. The van der Waals surface area contributed by atoms with Gasteiger partial charge in [0.15, 0.2) is 11.6 Å². The summed E-state index contributed by atoms with van der Waals surface area (Å²) in [7, 11) is -4.25. The first-order valence-electron chi connectivity index (χ1n) is 13.5. The Balaban J connectivity index is 1.90. The van der Waals surface area contributed by atoms with Gasteiger partial charge in [-0.15, -0.1) is 0 Å². The van der Waals surface area contributed by atoms with Crippen LogP contribution in [0.3, 0.4) is 0 Å². The second-order valence-electron chi connectivity index (χ2n) is 10.8. The lowest BCUT2D eigenvalue weighted by Gasteiger charge is -2.38. The number of sulfonamides is 1. The number of aliphatic hydroxyl groups excluding tert-OH is 1. The Morgan fingerprint density at radius 3 is 2.26 bits per heavy atom. The normalized spacial score (nSPS) is 17.4. The highest BCUT2D eigenvalue weighted by Gasteiger charge is 2.40. The number of carbonyl (C=O) groups excluding carboxylic acids is 1. The number of hydrogen-bond acceptors (Lipinski definition) is 4. The topological polar surface area (TPSA) is 86.7 Å². The smallest absolute Gasteiger partial charge is 0.243 e. The number of nitrogens with zero attached hydrogens (tertiary/aromatic N) is 1. The molecule has 0 aliphatic heterocycles. The van der Waals surface area contributed by atoms with Crippen molar-refractivity contribution in [1.82, 2.24) is 9.62 Å². The van der Waals surface area contributed by atoms with Crippen LogP contribution >= 0.6 is 0 Å². The molecule has 2 N–H and O–H groups in total. The average molecular weight is 551 g/mol. The summed E-state index contributed by atoms with van der Waals surface area (Å²) in [5.74, 6) is -2.62. The van der Waals surface area contributed by atoms with Crippen LogP contribution in [0.25, 0.3) is 0 Å². The largest absolute Gasteiger partial charge is 0.390 e. The van der Waals surface area contributed by atoms with Gasteiger partial charge in [0.1, 0.15) is 0 Å². The molecule has 0 bridgehead atoms. The zero-order chi connectivity index (χ0) is 27.9. The zero-order valence-corrected chi connectivity index (χ0v) is 23.3. The van der Waals surface area contributed by atoms with Gasteiger partial charge in [0.2, 0.25) is 15.9 Å². The summed E-state index contributed by atoms with van der Waals surface area (Å²) in [5.41, 5.74) is 0.396. The minimum atomic E-state index is -4.25. The summed E-state index contributed by atoms with van der Waals surface area (Å²) in [5, 5.41) is 14.5. The first-order valence-corrected chi connectivity index (χ1v) is 14.9. The molecule has 1 fully saturated rings. The minimum Gasteiger partial charge on any atom is -0.390 e. The molecule has 1 saturated carbocycles. The fourth-order valence-corrected chi connectivity index (χ4v) is 6.88. The molecule has 1 aliphatic carbocycles. The highest BCUT2D eigenvalue weighted by Crippen LogP contribution is 2.39. The van der Waals surface area contributed by atoms with Gasteiger partial charge in [-0.05, 0) is 55.4 Å². The van der Waals surface area contributed by atoms with Gasteiger partial charge in [-0.1, -0.05) is 70.4 Å². The molecular weight excluding hydrogens is 510 g/mol. The van der Waals surface area contributed by atoms with Crippen LogP contribution in [0.5, 0.6) is 0 Å². The van der Waals surface area contributed by atoms with E-state index in [1.54, 1.807) is 0 Å². The van der Waals surface area contributed by atoms with Gasteiger partial charge < -0.3 is 10.4 Å². The molecule has 3 rings (SSSR count). The number of carbonyl (C=O) groups is 1. The highest BCUT2D eigenvalue weighted by molar-refractivity contribution is 7.89. The maximum Gasteiger partial charge on any atom is 0.243 e. The molecule has 0 saturated heterocycles. The second-order valence-corrected chi connectivity index (χ2v) is 12.8. The number of halogens is 2. The van der Waals surface area contributed by atoms with Gasteiger partial charge in [-0.3, -0.25) is 4.79 Å². The van der Waals surface area contributed by atoms with Crippen LogP contribution in [0.1, 0.15) is 64.9 Å². The lowest BCUT2D eigenvalue weighted by molar-refractivity contribution is -0.135. The molecular formula is C29H40F2N2O4S. The Kier molecular flexibility index (Phi) is 10.4. The lowest BCUT2D eigenvalue weighted by atomic mass is 9.71. The van der Waals surface area contributed by atoms with E-state index in [0.717, 1.165) is 54.1 Å². The van der Waals surface area contributed by atoms with Crippen molar-refractivity contribution in [3.63, 3.8) is 0 Å². The van der Waals surface area contributed by atoms with Gasteiger partial charge in [-0.2, -0.15) is 4.31 Å². The molecule has 2 atom stereocenters. The summed E-state index contributed by atoms with van der Waals surface area (Å²) in [4.78, 5) is 13.2. The predicted octanol–water partition coefficient (Wildman–Crippen LogP) is 5.06.